The Morgan fingerprint density at radius 1 is 1.15 bits per heavy atom. The van der Waals surface area contributed by atoms with Gasteiger partial charge in [0.2, 0.25) is 5.91 Å². The maximum atomic E-state index is 11.7. The fourth-order valence-corrected chi connectivity index (χ4v) is 1.99. The van der Waals surface area contributed by atoms with Crippen LogP contribution in [0.5, 0.6) is 0 Å². The standard InChI is InChI=1S/C16H23NO3/c1-11(2)14-7-4-13(5-8-14)6-9-15(18)17-12(3)10-16(19)20/h4-5,7-8,11-12H,6,9-10H2,1-3H3,(H,17,18)(H,19,20). The Kier molecular flexibility index (Phi) is 6.22. The lowest BCUT2D eigenvalue weighted by Crippen LogP contribution is -2.34. The van der Waals surface area contributed by atoms with Crippen molar-refractivity contribution in [3.8, 4) is 0 Å². The van der Waals surface area contributed by atoms with Gasteiger partial charge in [0.25, 0.3) is 0 Å². The summed E-state index contributed by atoms with van der Waals surface area (Å²) in [5, 5.41) is 11.3. The van der Waals surface area contributed by atoms with Crippen LogP contribution in [0.1, 0.15) is 50.7 Å². The van der Waals surface area contributed by atoms with Crippen LogP contribution in [0.2, 0.25) is 0 Å². The minimum Gasteiger partial charge on any atom is -0.481 e. The first-order valence-electron chi connectivity index (χ1n) is 6.98. The largest absolute Gasteiger partial charge is 0.481 e. The normalized spacial score (nSPS) is 12.2. The van der Waals surface area contributed by atoms with Gasteiger partial charge in [-0.25, -0.2) is 0 Å². The number of aryl methyl sites for hydroxylation is 1. The quantitative estimate of drug-likeness (QED) is 0.805. The van der Waals surface area contributed by atoms with Gasteiger partial charge >= 0.3 is 5.97 Å². The SMILES string of the molecule is CC(CC(=O)O)NC(=O)CCc1ccc(C(C)C)cc1. The Morgan fingerprint density at radius 2 is 1.75 bits per heavy atom. The Hall–Kier alpha value is -1.84. The molecule has 0 aromatic heterocycles. The van der Waals surface area contributed by atoms with Crippen LogP contribution in [0, 0.1) is 0 Å². The number of nitrogens with one attached hydrogen (secondary N) is 1. The zero-order chi connectivity index (χ0) is 15.1. The lowest BCUT2D eigenvalue weighted by Gasteiger charge is -2.11. The number of benzene rings is 1. The van der Waals surface area contributed by atoms with Crippen molar-refractivity contribution in [1.82, 2.24) is 5.32 Å². The van der Waals surface area contributed by atoms with Crippen LogP contribution in [-0.2, 0) is 16.0 Å². The summed E-state index contributed by atoms with van der Waals surface area (Å²) in [6.45, 7) is 5.99. The molecule has 1 atom stereocenters. The average molecular weight is 277 g/mol. The van der Waals surface area contributed by atoms with Crippen molar-refractivity contribution in [2.45, 2.75) is 52.0 Å². The van der Waals surface area contributed by atoms with Gasteiger partial charge in [0.15, 0.2) is 0 Å². The third kappa shape index (κ3) is 5.87. The molecular formula is C16H23NO3. The molecule has 1 aromatic carbocycles. The van der Waals surface area contributed by atoms with Crippen LogP contribution in [0.3, 0.4) is 0 Å². The molecule has 0 aliphatic heterocycles. The topological polar surface area (TPSA) is 66.4 Å². The van der Waals surface area contributed by atoms with Gasteiger partial charge in [-0.1, -0.05) is 38.1 Å². The van der Waals surface area contributed by atoms with Gasteiger partial charge in [-0.15, -0.1) is 0 Å². The third-order valence-electron chi connectivity index (χ3n) is 3.18. The molecule has 0 saturated carbocycles. The molecule has 110 valence electrons. The van der Waals surface area contributed by atoms with E-state index in [-0.39, 0.29) is 18.4 Å². The number of rotatable bonds is 7. The van der Waals surface area contributed by atoms with Crippen molar-refractivity contribution >= 4 is 11.9 Å². The number of carbonyl (C=O) groups is 2. The molecule has 2 N–H and O–H groups in total. The zero-order valence-electron chi connectivity index (χ0n) is 12.3. The van der Waals surface area contributed by atoms with E-state index in [1.165, 1.54) is 5.56 Å². The lowest BCUT2D eigenvalue weighted by atomic mass is 10.0. The molecule has 1 unspecified atom stereocenters. The zero-order valence-corrected chi connectivity index (χ0v) is 12.3. The second kappa shape index (κ2) is 7.68. The van der Waals surface area contributed by atoms with E-state index >= 15 is 0 Å². The summed E-state index contributed by atoms with van der Waals surface area (Å²) in [5.41, 5.74) is 2.41. The Morgan fingerprint density at radius 3 is 2.25 bits per heavy atom. The maximum Gasteiger partial charge on any atom is 0.305 e. The number of carboxylic acid groups (broad SMARTS) is 1. The summed E-state index contributed by atoms with van der Waals surface area (Å²) in [5.74, 6) is -0.502. The van der Waals surface area contributed by atoms with E-state index < -0.39 is 5.97 Å². The first-order valence-corrected chi connectivity index (χ1v) is 6.98. The van der Waals surface area contributed by atoms with Crippen molar-refractivity contribution in [2.24, 2.45) is 0 Å². The number of aliphatic carboxylic acids is 1. The van der Waals surface area contributed by atoms with E-state index in [1.54, 1.807) is 6.92 Å². The Labute approximate surface area is 120 Å². The summed E-state index contributed by atoms with van der Waals surface area (Å²) in [6.07, 6.45) is 1.00. The van der Waals surface area contributed by atoms with Crippen LogP contribution in [0.25, 0.3) is 0 Å². The molecule has 0 spiro atoms. The lowest BCUT2D eigenvalue weighted by molar-refractivity contribution is -0.137. The molecule has 1 aromatic rings. The smallest absolute Gasteiger partial charge is 0.305 e. The highest BCUT2D eigenvalue weighted by Gasteiger charge is 2.10. The molecule has 0 aliphatic carbocycles. The van der Waals surface area contributed by atoms with Gasteiger partial charge in [-0.05, 0) is 30.4 Å². The molecule has 1 rings (SSSR count). The fraction of sp³-hybridized carbons (Fsp3) is 0.500. The van der Waals surface area contributed by atoms with Gasteiger partial charge < -0.3 is 10.4 Å². The molecule has 0 radical (unpaired) electrons. The van der Waals surface area contributed by atoms with E-state index in [0.717, 1.165) is 5.56 Å². The highest BCUT2D eigenvalue weighted by atomic mass is 16.4. The second-order valence-electron chi connectivity index (χ2n) is 5.46. The predicted octanol–water partition coefficient (Wildman–Crippen LogP) is 2.72. The first-order chi connectivity index (χ1) is 9.38. The minimum atomic E-state index is -0.901. The number of carboxylic acids is 1. The van der Waals surface area contributed by atoms with Crippen molar-refractivity contribution in [2.75, 3.05) is 0 Å². The third-order valence-corrected chi connectivity index (χ3v) is 3.18. The Bertz CT molecular complexity index is 451. The molecule has 1 amide bonds. The molecular weight excluding hydrogens is 254 g/mol. The van der Waals surface area contributed by atoms with Gasteiger partial charge in [0.05, 0.1) is 6.42 Å². The number of carbonyl (C=O) groups excluding carboxylic acids is 1. The molecule has 4 nitrogen and oxygen atoms in total. The van der Waals surface area contributed by atoms with Crippen LogP contribution in [0.15, 0.2) is 24.3 Å². The minimum absolute atomic E-state index is 0.0468. The van der Waals surface area contributed by atoms with Gasteiger partial charge in [0.1, 0.15) is 0 Å². The van der Waals surface area contributed by atoms with Gasteiger partial charge in [-0.3, -0.25) is 9.59 Å². The fourth-order valence-electron chi connectivity index (χ4n) is 1.99. The maximum absolute atomic E-state index is 11.7. The van der Waals surface area contributed by atoms with E-state index in [4.69, 9.17) is 5.11 Å². The summed E-state index contributed by atoms with van der Waals surface area (Å²) in [4.78, 5) is 22.2. The monoisotopic (exact) mass is 277 g/mol. The summed E-state index contributed by atoms with van der Waals surface area (Å²) < 4.78 is 0. The van der Waals surface area contributed by atoms with E-state index in [9.17, 15) is 9.59 Å². The first kappa shape index (κ1) is 16.2. The number of hydrogen-bond acceptors (Lipinski definition) is 2. The average Bonchev–Trinajstić information content (AvgIpc) is 2.35. The van der Waals surface area contributed by atoms with Crippen molar-refractivity contribution in [3.05, 3.63) is 35.4 Å². The molecule has 4 heteroatoms. The summed E-state index contributed by atoms with van der Waals surface area (Å²) in [6, 6.07) is 7.94. The van der Waals surface area contributed by atoms with Crippen molar-refractivity contribution < 1.29 is 14.7 Å². The molecule has 0 heterocycles. The van der Waals surface area contributed by atoms with Crippen LogP contribution < -0.4 is 5.32 Å². The molecule has 0 saturated heterocycles. The molecule has 0 fully saturated rings. The van der Waals surface area contributed by atoms with Gasteiger partial charge in [0, 0.05) is 12.5 Å². The van der Waals surface area contributed by atoms with Crippen LogP contribution in [-0.4, -0.2) is 23.0 Å². The summed E-state index contributed by atoms with van der Waals surface area (Å²) in [7, 11) is 0. The molecule has 0 bridgehead atoms. The molecule has 0 aliphatic rings. The van der Waals surface area contributed by atoms with Crippen LogP contribution >= 0.6 is 0 Å². The summed E-state index contributed by atoms with van der Waals surface area (Å²) >= 11 is 0. The van der Waals surface area contributed by atoms with Crippen molar-refractivity contribution in [3.63, 3.8) is 0 Å². The highest BCUT2D eigenvalue weighted by molar-refractivity contribution is 5.77. The number of amides is 1. The van der Waals surface area contributed by atoms with E-state index in [1.807, 2.05) is 12.1 Å². The number of hydrogen-bond donors (Lipinski definition) is 2. The van der Waals surface area contributed by atoms with E-state index in [2.05, 4.69) is 31.3 Å². The van der Waals surface area contributed by atoms with Crippen molar-refractivity contribution in [1.29, 1.82) is 0 Å². The highest BCUT2D eigenvalue weighted by Crippen LogP contribution is 2.15. The van der Waals surface area contributed by atoms with Gasteiger partial charge in [-0.2, -0.15) is 0 Å². The predicted molar refractivity (Wildman–Crippen MR) is 78.7 cm³/mol. The van der Waals surface area contributed by atoms with E-state index in [0.29, 0.717) is 18.8 Å². The Balaban J connectivity index is 2.39. The molecule has 20 heavy (non-hydrogen) atoms. The van der Waals surface area contributed by atoms with Crippen LogP contribution in [0.4, 0.5) is 0 Å². The second-order valence-corrected chi connectivity index (χ2v) is 5.46.